The Hall–Kier alpha value is -2.11. The number of guanidine groups is 1. The Morgan fingerprint density at radius 3 is 2.58 bits per heavy atom. The molecule has 1 aliphatic heterocycles. The van der Waals surface area contributed by atoms with Crippen LogP contribution >= 0.6 is 24.0 Å². The number of ether oxygens (including phenoxy) is 3. The number of rotatable bonds is 9. The molecule has 8 nitrogen and oxygen atoms in total. The summed E-state index contributed by atoms with van der Waals surface area (Å²) in [7, 11) is 3.32. The summed E-state index contributed by atoms with van der Waals surface area (Å²) in [6.45, 7) is 9.35. The first-order valence-corrected chi connectivity index (χ1v) is 11.1. The smallest absolute Gasteiger partial charge is 0.191 e. The number of aliphatic imine (C=N–C) groups is 1. The van der Waals surface area contributed by atoms with E-state index in [4.69, 9.17) is 19.2 Å². The number of pyridine rings is 1. The fourth-order valence-corrected chi connectivity index (χ4v) is 3.78. The van der Waals surface area contributed by atoms with Crippen molar-refractivity contribution < 1.29 is 14.2 Å². The number of nitrogens with zero attached hydrogens (tertiary/aromatic N) is 3. The van der Waals surface area contributed by atoms with Gasteiger partial charge in [-0.25, -0.2) is 4.99 Å². The van der Waals surface area contributed by atoms with E-state index in [1.807, 2.05) is 18.3 Å². The first-order chi connectivity index (χ1) is 15.7. The van der Waals surface area contributed by atoms with Crippen molar-refractivity contribution in [2.75, 3.05) is 53.6 Å². The van der Waals surface area contributed by atoms with Crippen molar-refractivity contribution in [1.82, 2.24) is 20.5 Å². The average Bonchev–Trinajstić information content (AvgIpc) is 2.84. The van der Waals surface area contributed by atoms with E-state index in [-0.39, 0.29) is 30.0 Å². The number of hydrogen-bond acceptors (Lipinski definition) is 6. The van der Waals surface area contributed by atoms with Gasteiger partial charge in [-0.15, -0.1) is 24.0 Å². The Labute approximate surface area is 214 Å². The highest BCUT2D eigenvalue weighted by molar-refractivity contribution is 14.0. The van der Waals surface area contributed by atoms with E-state index in [0.29, 0.717) is 13.1 Å². The molecule has 1 unspecified atom stereocenters. The monoisotopic (exact) mass is 569 g/mol. The van der Waals surface area contributed by atoms with Crippen molar-refractivity contribution in [3.05, 3.63) is 53.3 Å². The first-order valence-electron chi connectivity index (χ1n) is 11.1. The number of hydrogen-bond donors (Lipinski definition) is 2. The molecule has 2 N–H and O–H groups in total. The van der Waals surface area contributed by atoms with Gasteiger partial charge in [0.05, 0.1) is 45.7 Å². The van der Waals surface area contributed by atoms with E-state index >= 15 is 0 Å². The van der Waals surface area contributed by atoms with Gasteiger partial charge in [-0.1, -0.05) is 12.1 Å². The molecule has 33 heavy (non-hydrogen) atoms. The second kappa shape index (κ2) is 14.2. The van der Waals surface area contributed by atoms with Crippen molar-refractivity contribution >= 4 is 29.9 Å². The van der Waals surface area contributed by atoms with E-state index < -0.39 is 0 Å². The zero-order valence-corrected chi connectivity index (χ0v) is 22.3. The van der Waals surface area contributed by atoms with Gasteiger partial charge in [0.25, 0.3) is 0 Å². The summed E-state index contributed by atoms with van der Waals surface area (Å²) in [5, 5.41) is 6.87. The van der Waals surface area contributed by atoms with E-state index in [9.17, 15) is 0 Å². The molecule has 1 aromatic heterocycles. The highest BCUT2D eigenvalue weighted by atomic mass is 127. The van der Waals surface area contributed by atoms with Crippen LogP contribution in [0.4, 0.5) is 0 Å². The van der Waals surface area contributed by atoms with Crippen molar-refractivity contribution in [2.45, 2.75) is 26.4 Å². The SMILES string of the molecule is CCNC(=NCc1ncccc1C)NCC(c1ccc(OC)c(OC)c1)N1CCOCC1.I. The van der Waals surface area contributed by atoms with Gasteiger partial charge < -0.3 is 24.8 Å². The van der Waals surface area contributed by atoms with Gasteiger partial charge in [-0.05, 0) is 43.2 Å². The minimum atomic E-state index is 0. The second-order valence-corrected chi connectivity index (χ2v) is 7.62. The summed E-state index contributed by atoms with van der Waals surface area (Å²) < 4.78 is 16.5. The zero-order valence-electron chi connectivity index (χ0n) is 20.0. The molecular weight excluding hydrogens is 533 g/mol. The normalized spacial score (nSPS) is 15.3. The van der Waals surface area contributed by atoms with Gasteiger partial charge in [0.2, 0.25) is 0 Å². The zero-order chi connectivity index (χ0) is 22.8. The Bertz CT molecular complexity index is 890. The molecule has 1 aliphatic rings. The molecule has 0 amide bonds. The number of methoxy groups -OCH3 is 2. The van der Waals surface area contributed by atoms with Crippen molar-refractivity contribution in [2.24, 2.45) is 4.99 Å². The lowest BCUT2D eigenvalue weighted by molar-refractivity contribution is 0.0169. The number of benzene rings is 1. The van der Waals surface area contributed by atoms with Crippen molar-refractivity contribution in [3.8, 4) is 11.5 Å². The third kappa shape index (κ3) is 7.72. The molecule has 0 saturated carbocycles. The Morgan fingerprint density at radius 1 is 1.15 bits per heavy atom. The van der Waals surface area contributed by atoms with Gasteiger partial charge in [0.15, 0.2) is 17.5 Å². The van der Waals surface area contributed by atoms with Gasteiger partial charge in [-0.3, -0.25) is 9.88 Å². The molecule has 0 aliphatic carbocycles. The van der Waals surface area contributed by atoms with Crippen LogP contribution in [0.15, 0.2) is 41.5 Å². The number of halogens is 1. The van der Waals surface area contributed by atoms with Crippen LogP contribution in [-0.4, -0.2) is 69.5 Å². The van der Waals surface area contributed by atoms with Crippen LogP contribution in [0.25, 0.3) is 0 Å². The molecule has 2 aromatic rings. The summed E-state index contributed by atoms with van der Waals surface area (Å²) in [6.07, 6.45) is 1.81. The standard InChI is InChI=1S/C24H35N5O3.HI/c1-5-25-24(27-16-20-18(2)7-6-10-26-20)28-17-21(29-11-13-32-14-12-29)19-8-9-22(30-3)23(15-19)31-4;/h6-10,15,21H,5,11-14,16-17H2,1-4H3,(H2,25,27,28);1H. The molecule has 1 fully saturated rings. The van der Waals surface area contributed by atoms with E-state index in [2.05, 4.69) is 52.6 Å². The van der Waals surface area contributed by atoms with E-state index in [0.717, 1.165) is 67.1 Å². The maximum atomic E-state index is 5.58. The van der Waals surface area contributed by atoms with Crippen molar-refractivity contribution in [1.29, 1.82) is 0 Å². The fraction of sp³-hybridized carbons (Fsp3) is 0.500. The minimum Gasteiger partial charge on any atom is -0.493 e. The number of morpholine rings is 1. The maximum absolute atomic E-state index is 5.58. The highest BCUT2D eigenvalue weighted by Crippen LogP contribution is 2.32. The summed E-state index contributed by atoms with van der Waals surface area (Å²) in [5.74, 6) is 2.23. The fourth-order valence-electron chi connectivity index (χ4n) is 3.78. The lowest BCUT2D eigenvalue weighted by Crippen LogP contribution is -2.46. The summed E-state index contributed by atoms with van der Waals surface area (Å²) in [4.78, 5) is 11.6. The Morgan fingerprint density at radius 2 is 1.91 bits per heavy atom. The summed E-state index contributed by atoms with van der Waals surface area (Å²) >= 11 is 0. The minimum absolute atomic E-state index is 0. The van der Waals surface area contributed by atoms with Crippen LogP contribution in [0.5, 0.6) is 11.5 Å². The van der Waals surface area contributed by atoms with Gasteiger partial charge in [0, 0.05) is 32.4 Å². The maximum Gasteiger partial charge on any atom is 0.191 e. The molecule has 2 heterocycles. The molecular formula is C24H36IN5O3. The predicted molar refractivity (Wildman–Crippen MR) is 142 cm³/mol. The lowest BCUT2D eigenvalue weighted by atomic mass is 10.0. The molecule has 0 bridgehead atoms. The van der Waals surface area contributed by atoms with Gasteiger partial charge >= 0.3 is 0 Å². The topological polar surface area (TPSA) is 80.2 Å². The highest BCUT2D eigenvalue weighted by Gasteiger charge is 2.24. The summed E-state index contributed by atoms with van der Waals surface area (Å²) in [5.41, 5.74) is 3.28. The summed E-state index contributed by atoms with van der Waals surface area (Å²) in [6, 6.07) is 10.3. The van der Waals surface area contributed by atoms with Crippen LogP contribution in [0.2, 0.25) is 0 Å². The lowest BCUT2D eigenvalue weighted by Gasteiger charge is -2.35. The number of aryl methyl sites for hydroxylation is 1. The van der Waals surface area contributed by atoms with Gasteiger partial charge in [0.1, 0.15) is 0 Å². The third-order valence-corrected chi connectivity index (χ3v) is 5.59. The Balaban J connectivity index is 0.00000385. The average molecular weight is 569 g/mol. The molecule has 0 spiro atoms. The molecule has 9 heteroatoms. The quantitative estimate of drug-likeness (QED) is 0.273. The molecule has 182 valence electrons. The van der Waals surface area contributed by atoms with E-state index in [1.54, 1.807) is 14.2 Å². The first kappa shape index (κ1) is 27.1. The van der Waals surface area contributed by atoms with Crippen LogP contribution in [0.3, 0.4) is 0 Å². The molecule has 1 saturated heterocycles. The van der Waals surface area contributed by atoms with E-state index in [1.165, 1.54) is 0 Å². The molecule has 0 radical (unpaired) electrons. The van der Waals surface area contributed by atoms with Crippen LogP contribution in [0.1, 0.15) is 29.8 Å². The second-order valence-electron chi connectivity index (χ2n) is 7.62. The van der Waals surface area contributed by atoms with Crippen LogP contribution in [0, 0.1) is 6.92 Å². The third-order valence-electron chi connectivity index (χ3n) is 5.59. The molecule has 1 atom stereocenters. The number of nitrogens with one attached hydrogen (secondary N) is 2. The van der Waals surface area contributed by atoms with Crippen molar-refractivity contribution in [3.63, 3.8) is 0 Å². The molecule has 3 rings (SSSR count). The predicted octanol–water partition coefficient (Wildman–Crippen LogP) is 3.15. The molecule has 1 aromatic carbocycles. The van der Waals surface area contributed by atoms with Crippen LogP contribution < -0.4 is 20.1 Å². The Kier molecular flexibility index (Phi) is 11.7. The number of aromatic nitrogens is 1. The van der Waals surface area contributed by atoms with Crippen LogP contribution in [-0.2, 0) is 11.3 Å². The van der Waals surface area contributed by atoms with Gasteiger partial charge in [-0.2, -0.15) is 0 Å². The largest absolute Gasteiger partial charge is 0.493 e.